The fourth-order valence-corrected chi connectivity index (χ4v) is 1.65. The molecule has 1 heterocycles. The van der Waals surface area contributed by atoms with Crippen LogP contribution in [0, 0.1) is 6.92 Å². The zero-order chi connectivity index (χ0) is 15.3. The topological polar surface area (TPSA) is 93.7 Å². The molecule has 0 aliphatic heterocycles. The fourth-order valence-electron chi connectivity index (χ4n) is 1.65. The van der Waals surface area contributed by atoms with E-state index in [1.54, 1.807) is 13.0 Å². The van der Waals surface area contributed by atoms with Crippen molar-refractivity contribution in [3.05, 3.63) is 33.7 Å². The van der Waals surface area contributed by atoms with E-state index in [1.807, 2.05) is 19.0 Å². The monoisotopic (exact) mass is 281 g/mol. The smallest absolute Gasteiger partial charge is 0.323 e. The van der Waals surface area contributed by atoms with E-state index in [2.05, 4.69) is 4.98 Å². The Bertz CT molecular complexity index is 551. The minimum Gasteiger partial charge on any atom is -0.480 e. The molecule has 0 spiro atoms. The maximum Gasteiger partial charge on any atom is 0.323 e. The number of aromatic nitrogens is 1. The Balaban J connectivity index is 2.96. The van der Waals surface area contributed by atoms with Gasteiger partial charge in [-0.15, -0.1) is 0 Å². The molecule has 7 nitrogen and oxygen atoms in total. The molecule has 0 radical (unpaired) electrons. The number of hydrogen-bond donors (Lipinski definition) is 2. The molecular weight excluding hydrogens is 262 g/mol. The number of amides is 1. The Morgan fingerprint density at radius 1 is 1.25 bits per heavy atom. The van der Waals surface area contributed by atoms with Crippen molar-refractivity contribution < 1.29 is 14.7 Å². The summed E-state index contributed by atoms with van der Waals surface area (Å²) in [6.07, 6.45) is 0. The number of carbonyl (C=O) groups is 2. The molecule has 1 aromatic heterocycles. The third kappa shape index (κ3) is 4.51. The van der Waals surface area contributed by atoms with Crippen molar-refractivity contribution in [3.63, 3.8) is 0 Å². The Hall–Kier alpha value is -2.15. The number of likely N-dealkylation sites (N-methyl/N-ethyl adjacent to an activating group) is 1. The van der Waals surface area contributed by atoms with E-state index in [0.717, 1.165) is 4.90 Å². The van der Waals surface area contributed by atoms with Crippen LogP contribution >= 0.6 is 0 Å². The molecule has 7 heteroatoms. The molecule has 20 heavy (non-hydrogen) atoms. The summed E-state index contributed by atoms with van der Waals surface area (Å²) in [4.78, 5) is 40.4. The molecule has 0 fully saturated rings. The number of aryl methyl sites for hydroxylation is 1. The molecular formula is C13H19N3O4. The van der Waals surface area contributed by atoms with Crippen molar-refractivity contribution in [2.75, 3.05) is 33.7 Å². The van der Waals surface area contributed by atoms with E-state index in [-0.39, 0.29) is 12.1 Å². The van der Waals surface area contributed by atoms with Crippen LogP contribution in [0.2, 0.25) is 0 Å². The van der Waals surface area contributed by atoms with Crippen molar-refractivity contribution in [2.24, 2.45) is 0 Å². The van der Waals surface area contributed by atoms with Crippen molar-refractivity contribution in [1.29, 1.82) is 0 Å². The predicted octanol–water partition coefficient (Wildman–Crippen LogP) is -0.228. The van der Waals surface area contributed by atoms with E-state index >= 15 is 0 Å². The quantitative estimate of drug-likeness (QED) is 0.751. The molecule has 2 N–H and O–H groups in total. The number of aromatic amines is 1. The number of carbonyl (C=O) groups excluding carboxylic acids is 1. The van der Waals surface area contributed by atoms with Crippen molar-refractivity contribution >= 4 is 11.9 Å². The molecule has 1 rings (SSSR count). The van der Waals surface area contributed by atoms with Gasteiger partial charge in [-0.05, 0) is 33.2 Å². The van der Waals surface area contributed by atoms with Gasteiger partial charge in [0.25, 0.3) is 11.5 Å². The van der Waals surface area contributed by atoms with Crippen LogP contribution in [0.3, 0.4) is 0 Å². The number of pyridine rings is 1. The van der Waals surface area contributed by atoms with Gasteiger partial charge in [-0.1, -0.05) is 0 Å². The summed E-state index contributed by atoms with van der Waals surface area (Å²) < 4.78 is 0. The van der Waals surface area contributed by atoms with Crippen LogP contribution < -0.4 is 5.56 Å². The molecule has 110 valence electrons. The molecule has 0 unspecified atom stereocenters. The van der Waals surface area contributed by atoms with E-state index in [4.69, 9.17) is 5.11 Å². The van der Waals surface area contributed by atoms with Gasteiger partial charge in [-0.2, -0.15) is 0 Å². The van der Waals surface area contributed by atoms with Gasteiger partial charge in [-0.3, -0.25) is 14.4 Å². The highest BCUT2D eigenvalue weighted by atomic mass is 16.4. The number of hydrogen-bond acceptors (Lipinski definition) is 4. The second-order valence-corrected chi connectivity index (χ2v) is 4.81. The fraction of sp³-hybridized carbons (Fsp3) is 0.462. The van der Waals surface area contributed by atoms with Gasteiger partial charge < -0.3 is 19.9 Å². The lowest BCUT2D eigenvalue weighted by Gasteiger charge is -2.22. The molecule has 0 atom stereocenters. The van der Waals surface area contributed by atoms with Crippen molar-refractivity contribution in [1.82, 2.24) is 14.8 Å². The second-order valence-electron chi connectivity index (χ2n) is 4.81. The van der Waals surface area contributed by atoms with Crippen LogP contribution in [0.15, 0.2) is 16.9 Å². The number of rotatable bonds is 6. The summed E-state index contributed by atoms with van der Waals surface area (Å²) in [5.74, 6) is -1.68. The Labute approximate surface area is 116 Å². The van der Waals surface area contributed by atoms with Gasteiger partial charge in [0, 0.05) is 18.8 Å². The lowest BCUT2D eigenvalue weighted by atomic mass is 10.2. The zero-order valence-electron chi connectivity index (χ0n) is 11.8. The number of nitrogens with zero attached hydrogens (tertiary/aromatic N) is 2. The minimum atomic E-state index is -1.11. The molecule has 1 aromatic rings. The lowest BCUT2D eigenvalue weighted by molar-refractivity contribution is -0.137. The average Bonchev–Trinajstić information content (AvgIpc) is 2.33. The van der Waals surface area contributed by atoms with Gasteiger partial charge in [0.2, 0.25) is 0 Å². The number of carboxylic acid groups (broad SMARTS) is 1. The molecule has 0 bridgehead atoms. The maximum atomic E-state index is 12.2. The van der Waals surface area contributed by atoms with E-state index in [9.17, 15) is 14.4 Å². The second kappa shape index (κ2) is 6.85. The predicted molar refractivity (Wildman–Crippen MR) is 73.9 cm³/mol. The summed E-state index contributed by atoms with van der Waals surface area (Å²) in [7, 11) is 3.64. The maximum absolute atomic E-state index is 12.2. The highest BCUT2D eigenvalue weighted by Crippen LogP contribution is 2.01. The number of H-pyrrole nitrogens is 1. The summed E-state index contributed by atoms with van der Waals surface area (Å²) in [5.41, 5.74) is 0.0930. The third-order valence-corrected chi connectivity index (χ3v) is 2.72. The zero-order valence-corrected chi connectivity index (χ0v) is 11.8. The molecule has 0 aliphatic carbocycles. The summed E-state index contributed by atoms with van der Waals surface area (Å²) in [6, 6.07) is 3.03. The molecule has 0 aliphatic rings. The summed E-state index contributed by atoms with van der Waals surface area (Å²) in [5, 5.41) is 8.86. The lowest BCUT2D eigenvalue weighted by Crippen LogP contribution is -2.41. The SMILES string of the molecule is Cc1ccc(C(=O)N(CCN(C)C)CC(=O)O)c(=O)[nH]1. The largest absolute Gasteiger partial charge is 0.480 e. The standard InChI is InChI=1S/C13H19N3O4/c1-9-4-5-10(12(19)14-9)13(20)16(8-11(17)18)7-6-15(2)3/h4-5H,6-8H2,1-3H3,(H,14,19)(H,17,18). The first-order valence-electron chi connectivity index (χ1n) is 6.17. The minimum absolute atomic E-state index is 0.0457. The number of nitrogens with one attached hydrogen (secondary N) is 1. The van der Waals surface area contributed by atoms with Crippen LogP contribution in [0.5, 0.6) is 0 Å². The van der Waals surface area contributed by atoms with Crippen LogP contribution in [0.1, 0.15) is 16.1 Å². The van der Waals surface area contributed by atoms with E-state index in [0.29, 0.717) is 12.2 Å². The highest BCUT2D eigenvalue weighted by molar-refractivity contribution is 5.95. The van der Waals surface area contributed by atoms with Gasteiger partial charge in [0.05, 0.1) is 0 Å². The molecule has 0 saturated heterocycles. The number of aliphatic carboxylic acids is 1. The van der Waals surface area contributed by atoms with Crippen LogP contribution in [-0.4, -0.2) is 65.5 Å². The molecule has 0 saturated carbocycles. The van der Waals surface area contributed by atoms with Gasteiger partial charge in [0.1, 0.15) is 12.1 Å². The first-order valence-corrected chi connectivity index (χ1v) is 6.17. The molecule has 0 aromatic carbocycles. The van der Waals surface area contributed by atoms with Crippen LogP contribution in [0.25, 0.3) is 0 Å². The first-order chi connectivity index (χ1) is 9.31. The van der Waals surface area contributed by atoms with Gasteiger partial charge >= 0.3 is 5.97 Å². The van der Waals surface area contributed by atoms with Crippen molar-refractivity contribution in [2.45, 2.75) is 6.92 Å². The Morgan fingerprint density at radius 2 is 1.90 bits per heavy atom. The Kier molecular flexibility index (Phi) is 5.45. The normalized spacial score (nSPS) is 10.6. The van der Waals surface area contributed by atoms with E-state index < -0.39 is 24.0 Å². The third-order valence-electron chi connectivity index (χ3n) is 2.72. The highest BCUT2D eigenvalue weighted by Gasteiger charge is 2.20. The molecule has 1 amide bonds. The van der Waals surface area contributed by atoms with E-state index in [1.165, 1.54) is 6.07 Å². The van der Waals surface area contributed by atoms with Crippen molar-refractivity contribution in [3.8, 4) is 0 Å². The number of carboxylic acids is 1. The Morgan fingerprint density at radius 3 is 2.40 bits per heavy atom. The first kappa shape index (κ1) is 15.9. The average molecular weight is 281 g/mol. The summed E-state index contributed by atoms with van der Waals surface area (Å²) in [6.45, 7) is 2.03. The summed E-state index contributed by atoms with van der Waals surface area (Å²) >= 11 is 0. The van der Waals surface area contributed by atoms with Crippen LogP contribution in [-0.2, 0) is 4.79 Å². The van der Waals surface area contributed by atoms with Gasteiger partial charge in [-0.25, -0.2) is 0 Å². The van der Waals surface area contributed by atoms with Crippen LogP contribution in [0.4, 0.5) is 0 Å². The van der Waals surface area contributed by atoms with Gasteiger partial charge in [0.15, 0.2) is 0 Å².